The Hall–Kier alpha value is -3.09. The monoisotopic (exact) mass is 330 g/mol. The quantitative estimate of drug-likeness (QED) is 0.734. The van der Waals surface area contributed by atoms with Crippen molar-refractivity contribution in [3.05, 3.63) is 77.7 Å². The summed E-state index contributed by atoms with van der Waals surface area (Å²) in [6, 6.07) is 10.9. The van der Waals surface area contributed by atoms with E-state index in [4.69, 9.17) is 0 Å². The second-order valence-corrected chi connectivity index (χ2v) is 4.99. The number of anilines is 3. The molecule has 2 aromatic carbocycles. The summed E-state index contributed by atoms with van der Waals surface area (Å²) in [6.45, 7) is 0.446. The van der Waals surface area contributed by atoms with Crippen molar-refractivity contribution >= 4 is 17.5 Å². The van der Waals surface area contributed by atoms with E-state index < -0.39 is 11.6 Å². The summed E-state index contributed by atoms with van der Waals surface area (Å²) in [6.07, 6.45) is 1.50. The van der Waals surface area contributed by atoms with Crippen LogP contribution in [0.25, 0.3) is 0 Å². The molecule has 24 heavy (non-hydrogen) atoms. The maximum absolute atomic E-state index is 13.6. The predicted molar refractivity (Wildman–Crippen MR) is 85.4 cm³/mol. The fraction of sp³-hybridized carbons (Fsp3) is 0.0588. The lowest BCUT2D eigenvalue weighted by Crippen LogP contribution is -2.05. The van der Waals surface area contributed by atoms with Crippen molar-refractivity contribution in [3.63, 3.8) is 0 Å². The summed E-state index contributed by atoms with van der Waals surface area (Å²) in [5, 5.41) is 5.75. The molecule has 0 aliphatic heterocycles. The van der Waals surface area contributed by atoms with Crippen LogP contribution in [-0.4, -0.2) is 9.97 Å². The Morgan fingerprint density at radius 2 is 1.62 bits per heavy atom. The Balaban J connectivity index is 1.68. The van der Waals surface area contributed by atoms with Crippen molar-refractivity contribution in [2.24, 2.45) is 0 Å². The molecule has 3 aromatic rings. The highest BCUT2D eigenvalue weighted by molar-refractivity contribution is 5.55. The Labute approximate surface area is 136 Å². The highest BCUT2D eigenvalue weighted by Gasteiger charge is 2.06. The summed E-state index contributed by atoms with van der Waals surface area (Å²) >= 11 is 0. The van der Waals surface area contributed by atoms with Crippen molar-refractivity contribution in [2.75, 3.05) is 10.6 Å². The van der Waals surface area contributed by atoms with Crippen molar-refractivity contribution in [1.82, 2.24) is 9.97 Å². The number of benzene rings is 2. The van der Waals surface area contributed by atoms with E-state index in [0.717, 1.165) is 17.7 Å². The van der Waals surface area contributed by atoms with Crippen molar-refractivity contribution in [3.8, 4) is 0 Å². The van der Waals surface area contributed by atoms with E-state index in [1.54, 1.807) is 18.2 Å². The first kappa shape index (κ1) is 15.8. The van der Waals surface area contributed by atoms with E-state index in [9.17, 15) is 13.2 Å². The predicted octanol–water partition coefficient (Wildman–Crippen LogP) is 4.25. The maximum Gasteiger partial charge on any atom is 0.229 e. The standard InChI is InChI=1S/C17H13F3N4/c18-12-3-1-11(2-4-12)10-22-16-7-8-21-17(24-16)23-15-6-5-13(19)9-14(15)20/h1-9H,10H2,(H2,21,22,23,24). The molecule has 0 spiro atoms. The first-order chi connectivity index (χ1) is 11.6. The Bertz CT molecular complexity index is 837. The molecule has 0 saturated heterocycles. The van der Waals surface area contributed by atoms with E-state index >= 15 is 0 Å². The summed E-state index contributed by atoms with van der Waals surface area (Å²) in [7, 11) is 0. The number of hydrogen-bond donors (Lipinski definition) is 2. The molecule has 4 nitrogen and oxygen atoms in total. The molecule has 0 radical (unpaired) electrons. The molecular weight excluding hydrogens is 317 g/mol. The van der Waals surface area contributed by atoms with E-state index in [0.29, 0.717) is 12.4 Å². The summed E-state index contributed by atoms with van der Waals surface area (Å²) in [5.41, 5.74) is 0.959. The summed E-state index contributed by atoms with van der Waals surface area (Å²) < 4.78 is 39.4. The van der Waals surface area contributed by atoms with Crippen LogP contribution in [0.4, 0.5) is 30.6 Å². The van der Waals surface area contributed by atoms with E-state index in [1.807, 2.05) is 0 Å². The number of rotatable bonds is 5. The third kappa shape index (κ3) is 4.01. The van der Waals surface area contributed by atoms with Gasteiger partial charge in [0.25, 0.3) is 0 Å². The van der Waals surface area contributed by atoms with Crippen molar-refractivity contribution in [1.29, 1.82) is 0 Å². The molecule has 3 rings (SSSR count). The van der Waals surface area contributed by atoms with Gasteiger partial charge in [0.1, 0.15) is 23.3 Å². The lowest BCUT2D eigenvalue weighted by atomic mass is 10.2. The van der Waals surface area contributed by atoms with Crippen LogP contribution >= 0.6 is 0 Å². The van der Waals surface area contributed by atoms with Gasteiger partial charge in [-0.1, -0.05) is 12.1 Å². The molecule has 7 heteroatoms. The molecule has 0 aliphatic rings. The molecule has 122 valence electrons. The Morgan fingerprint density at radius 1 is 0.875 bits per heavy atom. The van der Waals surface area contributed by atoms with Crippen LogP contribution in [0.3, 0.4) is 0 Å². The third-order valence-electron chi connectivity index (χ3n) is 3.22. The Morgan fingerprint density at radius 3 is 2.38 bits per heavy atom. The second kappa shape index (κ2) is 6.99. The van der Waals surface area contributed by atoms with Gasteiger partial charge in [0, 0.05) is 18.8 Å². The van der Waals surface area contributed by atoms with E-state index in [1.165, 1.54) is 24.4 Å². The highest BCUT2D eigenvalue weighted by Crippen LogP contribution is 2.19. The van der Waals surface area contributed by atoms with Gasteiger partial charge in [-0.2, -0.15) is 4.98 Å². The largest absolute Gasteiger partial charge is 0.366 e. The fourth-order valence-corrected chi connectivity index (χ4v) is 2.02. The SMILES string of the molecule is Fc1ccc(CNc2ccnc(Nc3ccc(F)cc3F)n2)cc1. The number of nitrogens with zero attached hydrogens (tertiary/aromatic N) is 2. The zero-order valence-corrected chi connectivity index (χ0v) is 12.4. The Kier molecular flexibility index (Phi) is 4.60. The molecule has 0 unspecified atom stereocenters. The number of halogens is 3. The highest BCUT2D eigenvalue weighted by atomic mass is 19.1. The van der Waals surface area contributed by atoms with Gasteiger partial charge in [-0.3, -0.25) is 0 Å². The smallest absolute Gasteiger partial charge is 0.229 e. The molecule has 0 atom stereocenters. The second-order valence-electron chi connectivity index (χ2n) is 4.99. The van der Waals surface area contributed by atoms with Gasteiger partial charge >= 0.3 is 0 Å². The van der Waals surface area contributed by atoms with Gasteiger partial charge in [-0.05, 0) is 35.9 Å². The first-order valence-electron chi connectivity index (χ1n) is 7.13. The summed E-state index contributed by atoms with van der Waals surface area (Å²) in [4.78, 5) is 8.19. The molecule has 0 fully saturated rings. The van der Waals surface area contributed by atoms with Crippen LogP contribution < -0.4 is 10.6 Å². The van der Waals surface area contributed by atoms with Crippen LogP contribution in [0, 0.1) is 17.5 Å². The lowest BCUT2D eigenvalue weighted by Gasteiger charge is -2.09. The molecule has 0 aliphatic carbocycles. The van der Waals surface area contributed by atoms with Crippen molar-refractivity contribution < 1.29 is 13.2 Å². The molecular formula is C17H13F3N4. The van der Waals surface area contributed by atoms with Crippen LogP contribution in [0.2, 0.25) is 0 Å². The zero-order chi connectivity index (χ0) is 16.9. The van der Waals surface area contributed by atoms with Gasteiger partial charge in [-0.25, -0.2) is 18.2 Å². The van der Waals surface area contributed by atoms with Crippen molar-refractivity contribution in [2.45, 2.75) is 6.54 Å². The van der Waals surface area contributed by atoms with E-state index in [2.05, 4.69) is 20.6 Å². The minimum atomic E-state index is -0.733. The lowest BCUT2D eigenvalue weighted by molar-refractivity contribution is 0.586. The van der Waals surface area contributed by atoms with E-state index in [-0.39, 0.29) is 17.5 Å². The third-order valence-corrected chi connectivity index (χ3v) is 3.22. The van der Waals surface area contributed by atoms with Gasteiger partial charge < -0.3 is 10.6 Å². The molecule has 1 heterocycles. The molecule has 1 aromatic heterocycles. The zero-order valence-electron chi connectivity index (χ0n) is 12.4. The van der Waals surface area contributed by atoms with Gasteiger partial charge in [-0.15, -0.1) is 0 Å². The van der Waals surface area contributed by atoms with Crippen LogP contribution in [0.5, 0.6) is 0 Å². The van der Waals surface area contributed by atoms with Gasteiger partial charge in [0.05, 0.1) is 5.69 Å². The minimum Gasteiger partial charge on any atom is -0.366 e. The minimum absolute atomic E-state index is 0.0760. The number of nitrogens with one attached hydrogen (secondary N) is 2. The summed E-state index contributed by atoms with van der Waals surface area (Å²) in [5.74, 6) is -1.01. The first-order valence-corrected chi connectivity index (χ1v) is 7.13. The van der Waals surface area contributed by atoms with Crippen LogP contribution in [-0.2, 0) is 6.54 Å². The normalized spacial score (nSPS) is 10.5. The van der Waals surface area contributed by atoms with Crippen LogP contribution in [0.15, 0.2) is 54.7 Å². The topological polar surface area (TPSA) is 49.8 Å². The molecule has 0 amide bonds. The van der Waals surface area contributed by atoms with Gasteiger partial charge in [0.2, 0.25) is 5.95 Å². The molecule has 2 N–H and O–H groups in total. The van der Waals surface area contributed by atoms with Gasteiger partial charge in [0.15, 0.2) is 0 Å². The fourth-order valence-electron chi connectivity index (χ4n) is 2.02. The average molecular weight is 330 g/mol. The number of aromatic nitrogens is 2. The van der Waals surface area contributed by atoms with Crippen LogP contribution in [0.1, 0.15) is 5.56 Å². The number of hydrogen-bond acceptors (Lipinski definition) is 4. The average Bonchev–Trinajstić information content (AvgIpc) is 2.57. The molecule has 0 saturated carbocycles. The maximum atomic E-state index is 13.6. The molecule has 0 bridgehead atoms.